The van der Waals surface area contributed by atoms with Crippen LogP contribution in [0.1, 0.15) is 37.8 Å². The summed E-state index contributed by atoms with van der Waals surface area (Å²) in [6.07, 6.45) is 3.54. The molecule has 1 amide bonds. The molecule has 0 saturated carbocycles. The monoisotopic (exact) mass is 523 g/mol. The van der Waals surface area contributed by atoms with Gasteiger partial charge in [0, 0.05) is 0 Å². The van der Waals surface area contributed by atoms with E-state index in [0.29, 0.717) is 24.7 Å². The van der Waals surface area contributed by atoms with Gasteiger partial charge in [0.1, 0.15) is 18.0 Å². The molecule has 0 aromatic heterocycles. The lowest BCUT2D eigenvalue weighted by atomic mass is 10.2. The number of nitrogens with zero attached hydrogens (tertiary/aromatic N) is 2. The number of hydrogen-bond acceptors (Lipinski definition) is 6. The Bertz CT molecular complexity index is 1270. The molecule has 0 atom stereocenters. The van der Waals surface area contributed by atoms with Gasteiger partial charge in [-0.1, -0.05) is 31.0 Å². The van der Waals surface area contributed by atoms with E-state index in [1.165, 1.54) is 18.3 Å². The van der Waals surface area contributed by atoms with E-state index in [4.69, 9.17) is 9.47 Å². The highest BCUT2D eigenvalue weighted by atomic mass is 32.2. The number of amides is 1. The van der Waals surface area contributed by atoms with Gasteiger partial charge in [0.25, 0.3) is 15.9 Å². The molecule has 0 heterocycles. The fourth-order valence-electron chi connectivity index (χ4n) is 3.36. The smallest absolute Gasteiger partial charge is 0.264 e. The van der Waals surface area contributed by atoms with Crippen LogP contribution in [-0.4, -0.2) is 40.3 Å². The van der Waals surface area contributed by atoms with Crippen molar-refractivity contribution in [2.75, 3.05) is 24.1 Å². The normalized spacial score (nSPS) is 11.3. The number of unbranched alkanes of at least 4 members (excludes halogenated alkanes) is 1. The van der Waals surface area contributed by atoms with Crippen LogP contribution in [0, 0.1) is 6.92 Å². The van der Waals surface area contributed by atoms with Crippen molar-refractivity contribution in [3.63, 3.8) is 0 Å². The zero-order valence-corrected chi connectivity index (χ0v) is 22.2. The number of carbonyl (C=O) groups excluding carboxylic acids is 1. The first-order valence-electron chi connectivity index (χ1n) is 12.2. The van der Waals surface area contributed by atoms with Crippen LogP contribution in [0.4, 0.5) is 5.69 Å². The average Bonchev–Trinajstić information content (AvgIpc) is 2.89. The van der Waals surface area contributed by atoms with Crippen LogP contribution in [0.3, 0.4) is 0 Å². The SMILES string of the molecule is CCCCOc1ccc(/C=N/NC(=O)CN(c2ccc(OCC)cc2)S(=O)(=O)c2ccc(C)cc2)cc1. The largest absolute Gasteiger partial charge is 0.494 e. The lowest BCUT2D eigenvalue weighted by Gasteiger charge is -2.24. The van der Waals surface area contributed by atoms with E-state index in [1.807, 2.05) is 38.1 Å². The van der Waals surface area contributed by atoms with E-state index in [2.05, 4.69) is 17.5 Å². The molecule has 0 aliphatic heterocycles. The first-order chi connectivity index (χ1) is 17.8. The molecule has 196 valence electrons. The Morgan fingerprint density at radius 3 is 2.16 bits per heavy atom. The molecule has 3 rings (SSSR count). The van der Waals surface area contributed by atoms with Gasteiger partial charge in [-0.05, 0) is 86.5 Å². The third kappa shape index (κ3) is 8.08. The van der Waals surface area contributed by atoms with Gasteiger partial charge in [0.05, 0.1) is 30.0 Å². The van der Waals surface area contributed by atoms with Crippen LogP contribution >= 0.6 is 0 Å². The predicted octanol–water partition coefficient (Wildman–Crippen LogP) is 4.92. The number of hydrogen-bond donors (Lipinski definition) is 1. The van der Waals surface area contributed by atoms with Crippen molar-refractivity contribution >= 4 is 27.8 Å². The number of hydrazone groups is 1. The van der Waals surface area contributed by atoms with Gasteiger partial charge in [0.15, 0.2) is 0 Å². The van der Waals surface area contributed by atoms with Gasteiger partial charge in [-0.2, -0.15) is 5.10 Å². The Morgan fingerprint density at radius 1 is 0.919 bits per heavy atom. The molecule has 0 saturated heterocycles. The van der Waals surface area contributed by atoms with Gasteiger partial charge >= 0.3 is 0 Å². The maximum Gasteiger partial charge on any atom is 0.264 e. The second-order valence-corrected chi connectivity index (χ2v) is 10.2. The van der Waals surface area contributed by atoms with Crippen molar-refractivity contribution in [1.82, 2.24) is 5.43 Å². The van der Waals surface area contributed by atoms with Crippen LogP contribution < -0.4 is 19.2 Å². The van der Waals surface area contributed by atoms with Crippen molar-refractivity contribution in [3.05, 3.63) is 83.9 Å². The molecule has 9 heteroatoms. The van der Waals surface area contributed by atoms with Crippen LogP contribution in [0.2, 0.25) is 0 Å². The van der Waals surface area contributed by atoms with Gasteiger partial charge in [-0.15, -0.1) is 0 Å². The lowest BCUT2D eigenvalue weighted by molar-refractivity contribution is -0.119. The molecule has 3 aromatic carbocycles. The summed E-state index contributed by atoms with van der Waals surface area (Å²) in [5.74, 6) is 0.789. The van der Waals surface area contributed by atoms with Crippen LogP contribution in [0.25, 0.3) is 0 Å². The van der Waals surface area contributed by atoms with E-state index in [-0.39, 0.29) is 4.90 Å². The van der Waals surface area contributed by atoms with Crippen LogP contribution in [-0.2, 0) is 14.8 Å². The highest BCUT2D eigenvalue weighted by Gasteiger charge is 2.27. The Kier molecular flexibility index (Phi) is 10.1. The molecule has 37 heavy (non-hydrogen) atoms. The zero-order valence-electron chi connectivity index (χ0n) is 21.4. The zero-order chi connectivity index (χ0) is 26.7. The Morgan fingerprint density at radius 2 is 1.54 bits per heavy atom. The second-order valence-electron chi connectivity index (χ2n) is 8.32. The summed E-state index contributed by atoms with van der Waals surface area (Å²) in [5, 5.41) is 3.99. The van der Waals surface area contributed by atoms with E-state index in [0.717, 1.165) is 34.0 Å². The number of nitrogens with one attached hydrogen (secondary N) is 1. The summed E-state index contributed by atoms with van der Waals surface area (Å²) in [5.41, 5.74) is 4.45. The highest BCUT2D eigenvalue weighted by Crippen LogP contribution is 2.26. The second kappa shape index (κ2) is 13.5. The molecule has 0 bridgehead atoms. The van der Waals surface area contributed by atoms with Gasteiger partial charge in [-0.25, -0.2) is 13.8 Å². The Balaban J connectivity index is 1.73. The number of sulfonamides is 1. The molecule has 3 aromatic rings. The number of benzene rings is 3. The van der Waals surface area contributed by atoms with Crippen molar-refractivity contribution in [3.8, 4) is 11.5 Å². The van der Waals surface area contributed by atoms with E-state index >= 15 is 0 Å². The molecule has 0 radical (unpaired) electrons. The standard InChI is InChI=1S/C28H33N3O5S/c1-4-6-19-36-26-13-9-23(10-14-26)20-29-30-28(32)21-31(24-11-15-25(16-12-24)35-5-2)37(33,34)27-17-7-22(3)8-18-27/h7-18,20H,4-6,19,21H2,1-3H3,(H,30,32)/b29-20+. The number of aryl methyl sites for hydroxylation is 1. The molecule has 0 aliphatic carbocycles. The summed E-state index contributed by atoms with van der Waals surface area (Å²) in [7, 11) is -4.02. The van der Waals surface area contributed by atoms with E-state index in [1.54, 1.807) is 36.4 Å². The summed E-state index contributed by atoms with van der Waals surface area (Å²) >= 11 is 0. The van der Waals surface area contributed by atoms with Crippen molar-refractivity contribution in [2.24, 2.45) is 5.10 Å². The Hall–Kier alpha value is -3.85. The molecule has 0 spiro atoms. The molecule has 0 fully saturated rings. The number of anilines is 1. The van der Waals surface area contributed by atoms with Gasteiger partial charge in [-0.3, -0.25) is 9.10 Å². The van der Waals surface area contributed by atoms with Crippen molar-refractivity contribution < 1.29 is 22.7 Å². The quantitative estimate of drug-likeness (QED) is 0.195. The average molecular weight is 524 g/mol. The predicted molar refractivity (Wildman–Crippen MR) is 146 cm³/mol. The third-order valence-electron chi connectivity index (χ3n) is 5.38. The number of ether oxygens (including phenoxy) is 2. The minimum absolute atomic E-state index is 0.0875. The summed E-state index contributed by atoms with van der Waals surface area (Å²) in [6.45, 7) is 6.54. The number of rotatable bonds is 13. The summed E-state index contributed by atoms with van der Waals surface area (Å²) in [6, 6.07) is 20.4. The maximum absolute atomic E-state index is 13.5. The molecular weight excluding hydrogens is 490 g/mol. The third-order valence-corrected chi connectivity index (χ3v) is 7.17. The first-order valence-corrected chi connectivity index (χ1v) is 13.6. The minimum atomic E-state index is -4.02. The molecular formula is C28H33N3O5S. The summed E-state index contributed by atoms with van der Waals surface area (Å²) < 4.78 is 39.1. The van der Waals surface area contributed by atoms with Crippen molar-refractivity contribution in [1.29, 1.82) is 0 Å². The van der Waals surface area contributed by atoms with Crippen LogP contribution in [0.5, 0.6) is 11.5 Å². The fraction of sp³-hybridized carbons (Fsp3) is 0.286. The molecule has 0 unspecified atom stereocenters. The topological polar surface area (TPSA) is 97.3 Å². The van der Waals surface area contributed by atoms with Gasteiger partial charge < -0.3 is 9.47 Å². The number of carbonyl (C=O) groups is 1. The van der Waals surface area contributed by atoms with Crippen LogP contribution in [0.15, 0.2) is 82.8 Å². The maximum atomic E-state index is 13.5. The fourth-order valence-corrected chi connectivity index (χ4v) is 4.78. The summed E-state index contributed by atoms with van der Waals surface area (Å²) in [4.78, 5) is 12.8. The lowest BCUT2D eigenvalue weighted by Crippen LogP contribution is -2.39. The molecule has 8 nitrogen and oxygen atoms in total. The van der Waals surface area contributed by atoms with Crippen molar-refractivity contribution in [2.45, 2.75) is 38.5 Å². The van der Waals surface area contributed by atoms with E-state index in [9.17, 15) is 13.2 Å². The minimum Gasteiger partial charge on any atom is -0.494 e. The molecule has 0 aliphatic rings. The van der Waals surface area contributed by atoms with E-state index < -0.39 is 22.5 Å². The first kappa shape index (κ1) is 27.7. The van der Waals surface area contributed by atoms with Gasteiger partial charge in [0.2, 0.25) is 0 Å². The highest BCUT2D eigenvalue weighted by molar-refractivity contribution is 7.92. The Labute approximate surface area is 219 Å². The molecule has 1 N–H and O–H groups in total.